The quantitative estimate of drug-likeness (QED) is 0.311. The van der Waals surface area contributed by atoms with Crippen LogP contribution < -0.4 is 28.7 Å². The van der Waals surface area contributed by atoms with Crippen molar-refractivity contribution in [3.8, 4) is 23.0 Å². The number of rotatable bonds is 7. The Hall–Kier alpha value is -4.36. The first kappa shape index (κ1) is 25.6. The van der Waals surface area contributed by atoms with Crippen LogP contribution in [0.1, 0.15) is 11.1 Å². The van der Waals surface area contributed by atoms with E-state index in [0.29, 0.717) is 37.8 Å². The van der Waals surface area contributed by atoms with Gasteiger partial charge in [-0.25, -0.2) is 9.97 Å². The number of anilines is 2. The van der Waals surface area contributed by atoms with Gasteiger partial charge in [0.2, 0.25) is 25.2 Å². The Kier molecular flexibility index (Phi) is 6.80. The largest absolute Gasteiger partial charge is 0.454 e. The molecular weight excluding hydrogens is 530 g/mol. The van der Waals surface area contributed by atoms with Crippen LogP contribution in [-0.4, -0.2) is 90.6 Å². The van der Waals surface area contributed by atoms with Gasteiger partial charge in [0.15, 0.2) is 23.0 Å². The van der Waals surface area contributed by atoms with Gasteiger partial charge < -0.3 is 28.7 Å². The summed E-state index contributed by atoms with van der Waals surface area (Å²) < 4.78 is 21.8. The van der Waals surface area contributed by atoms with Gasteiger partial charge in [0.25, 0.3) is 0 Å². The van der Waals surface area contributed by atoms with Crippen LogP contribution in [0.3, 0.4) is 0 Å². The fraction of sp³-hybridized carbons (Fsp3) is 0.429. The zero-order chi connectivity index (χ0) is 27.8. The van der Waals surface area contributed by atoms with Crippen LogP contribution >= 0.6 is 0 Å². The van der Waals surface area contributed by atoms with Crippen molar-refractivity contribution in [2.24, 2.45) is 0 Å². The van der Waals surface area contributed by atoms with E-state index in [4.69, 9.17) is 18.9 Å². The Labute approximate surface area is 236 Å². The predicted octanol–water partition coefficient (Wildman–Crippen LogP) is 2.49. The monoisotopic (exact) mass is 561 g/mol. The molecule has 0 spiro atoms. The molecule has 0 saturated carbocycles. The van der Waals surface area contributed by atoms with Crippen LogP contribution in [0.2, 0.25) is 0 Å². The predicted molar refractivity (Wildman–Crippen MR) is 149 cm³/mol. The van der Waals surface area contributed by atoms with Crippen LogP contribution in [0.15, 0.2) is 42.7 Å². The maximum Gasteiger partial charge on any atom is 0.353 e. The topological polar surface area (TPSA) is 119 Å². The van der Waals surface area contributed by atoms with E-state index in [1.54, 1.807) is 0 Å². The molecule has 0 aliphatic carbocycles. The van der Waals surface area contributed by atoms with Crippen LogP contribution in [0.25, 0.3) is 0 Å². The number of benzene rings is 2. The maximum atomic E-state index is 12.3. The molecule has 0 bridgehead atoms. The minimum absolute atomic E-state index is 0.0130. The summed E-state index contributed by atoms with van der Waals surface area (Å²) in [6.07, 6.45) is 1.45. The molecule has 13 heteroatoms. The third-order valence-corrected chi connectivity index (χ3v) is 8.00. The van der Waals surface area contributed by atoms with E-state index in [1.165, 1.54) is 6.33 Å². The van der Waals surface area contributed by atoms with Gasteiger partial charge in [-0.2, -0.15) is 0 Å². The Morgan fingerprint density at radius 2 is 1.10 bits per heavy atom. The van der Waals surface area contributed by atoms with Crippen molar-refractivity contribution in [2.45, 2.75) is 13.1 Å². The molecule has 1 aromatic heterocycles. The van der Waals surface area contributed by atoms with Crippen molar-refractivity contribution in [2.75, 3.05) is 75.7 Å². The fourth-order valence-electron chi connectivity index (χ4n) is 5.82. The molecule has 0 amide bonds. The van der Waals surface area contributed by atoms with Gasteiger partial charge in [-0.1, -0.05) is 12.1 Å². The number of hydrogen-bond donors (Lipinski definition) is 0. The van der Waals surface area contributed by atoms with Crippen molar-refractivity contribution in [3.05, 3.63) is 64.0 Å². The summed E-state index contributed by atoms with van der Waals surface area (Å²) in [5.41, 5.74) is 2.28. The van der Waals surface area contributed by atoms with Crippen molar-refractivity contribution in [1.29, 1.82) is 0 Å². The molecule has 0 unspecified atom stereocenters. The molecule has 5 heterocycles. The Morgan fingerprint density at radius 3 is 1.54 bits per heavy atom. The Balaban J connectivity index is 0.987. The van der Waals surface area contributed by atoms with Crippen molar-refractivity contribution < 1.29 is 23.9 Å². The van der Waals surface area contributed by atoms with Crippen LogP contribution in [0.5, 0.6) is 23.0 Å². The third-order valence-electron chi connectivity index (χ3n) is 8.00. The lowest BCUT2D eigenvalue weighted by molar-refractivity contribution is -0.383. The fourth-order valence-corrected chi connectivity index (χ4v) is 5.82. The number of hydrogen-bond acceptors (Lipinski definition) is 12. The van der Waals surface area contributed by atoms with Gasteiger partial charge in [0.05, 0.1) is 4.92 Å². The van der Waals surface area contributed by atoms with E-state index in [-0.39, 0.29) is 24.2 Å². The second-order valence-electron chi connectivity index (χ2n) is 10.5. The first-order valence-electron chi connectivity index (χ1n) is 13.8. The van der Waals surface area contributed by atoms with Gasteiger partial charge in [0.1, 0.15) is 6.33 Å². The summed E-state index contributed by atoms with van der Waals surface area (Å²) >= 11 is 0. The van der Waals surface area contributed by atoms with Crippen molar-refractivity contribution in [3.63, 3.8) is 0 Å². The van der Waals surface area contributed by atoms with Gasteiger partial charge in [-0.15, -0.1) is 0 Å². The second kappa shape index (κ2) is 10.9. The second-order valence-corrected chi connectivity index (χ2v) is 10.5. The maximum absolute atomic E-state index is 12.3. The van der Waals surface area contributed by atoms with Gasteiger partial charge in [-0.3, -0.25) is 19.9 Å². The molecule has 0 atom stereocenters. The SMILES string of the molecule is O=[N+]([O-])c1c(N2CCN(Cc3ccc4c(c3)OCO4)CC2)ncnc1N1CCN(Cc2ccc3c(c2)OCO3)CC1. The molecule has 0 N–H and O–H groups in total. The van der Waals surface area contributed by atoms with Gasteiger partial charge >= 0.3 is 5.69 Å². The minimum Gasteiger partial charge on any atom is -0.454 e. The van der Waals surface area contributed by atoms with E-state index < -0.39 is 0 Å². The molecule has 0 radical (unpaired) electrons. The number of nitrogens with zero attached hydrogens (tertiary/aromatic N) is 7. The van der Waals surface area contributed by atoms with Gasteiger partial charge in [-0.05, 0) is 35.4 Å². The number of aromatic nitrogens is 2. The summed E-state index contributed by atoms with van der Waals surface area (Å²) in [4.78, 5) is 29.5. The van der Waals surface area contributed by atoms with E-state index in [9.17, 15) is 10.1 Å². The lowest BCUT2D eigenvalue weighted by atomic mass is 10.1. The van der Waals surface area contributed by atoms with Crippen LogP contribution in [-0.2, 0) is 13.1 Å². The van der Waals surface area contributed by atoms with Crippen LogP contribution in [0.4, 0.5) is 17.3 Å². The highest BCUT2D eigenvalue weighted by Gasteiger charge is 2.33. The highest BCUT2D eigenvalue weighted by molar-refractivity contribution is 5.71. The Bertz CT molecular complexity index is 1340. The molecular formula is C28H31N7O6. The molecule has 4 aliphatic heterocycles. The number of fused-ring (bicyclic) bond motifs is 2. The summed E-state index contributed by atoms with van der Waals surface area (Å²) in [6, 6.07) is 12.0. The van der Waals surface area contributed by atoms with Gasteiger partial charge in [0, 0.05) is 65.4 Å². The third kappa shape index (κ3) is 5.25. The zero-order valence-corrected chi connectivity index (χ0v) is 22.6. The van der Waals surface area contributed by atoms with E-state index in [2.05, 4.69) is 31.9 Å². The standard InChI is InChI=1S/C28H31N7O6/c36-35(37)26-27(33-9-5-31(6-10-33)15-20-1-3-22-24(13-20)40-18-38-22)29-17-30-28(26)34-11-7-32(8-12-34)16-21-2-4-23-25(14-21)41-19-39-23/h1-4,13-14,17H,5-12,15-16,18-19H2. The summed E-state index contributed by atoms with van der Waals surface area (Å²) in [5, 5.41) is 12.3. The normalized spacial score (nSPS) is 18.6. The van der Waals surface area contributed by atoms with Crippen molar-refractivity contribution >= 4 is 17.3 Å². The molecule has 2 saturated heterocycles. The summed E-state index contributed by atoms with van der Waals surface area (Å²) in [5.74, 6) is 3.89. The highest BCUT2D eigenvalue weighted by atomic mass is 16.7. The minimum atomic E-state index is -0.331. The average molecular weight is 562 g/mol. The molecule has 4 aliphatic rings. The van der Waals surface area contributed by atoms with Crippen LogP contribution in [0, 0.1) is 10.1 Å². The number of nitro groups is 1. The smallest absolute Gasteiger partial charge is 0.353 e. The molecule has 2 aromatic carbocycles. The summed E-state index contributed by atoms with van der Waals surface area (Å²) in [6.45, 7) is 7.71. The van der Waals surface area contributed by atoms with E-state index >= 15 is 0 Å². The molecule has 3 aromatic rings. The first-order chi connectivity index (χ1) is 20.1. The molecule has 41 heavy (non-hydrogen) atoms. The highest BCUT2D eigenvalue weighted by Crippen LogP contribution is 2.37. The first-order valence-corrected chi connectivity index (χ1v) is 13.8. The van der Waals surface area contributed by atoms with E-state index in [1.807, 2.05) is 34.1 Å². The average Bonchev–Trinajstić information content (AvgIpc) is 3.67. The Morgan fingerprint density at radius 1 is 0.659 bits per heavy atom. The number of ether oxygens (including phenoxy) is 4. The summed E-state index contributed by atoms with van der Waals surface area (Å²) in [7, 11) is 0. The lowest BCUT2D eigenvalue weighted by Gasteiger charge is -2.37. The molecule has 2 fully saturated rings. The lowest BCUT2D eigenvalue weighted by Crippen LogP contribution is -2.47. The van der Waals surface area contributed by atoms with Crippen molar-refractivity contribution in [1.82, 2.24) is 19.8 Å². The molecule has 13 nitrogen and oxygen atoms in total. The molecule has 7 rings (SSSR count). The zero-order valence-electron chi connectivity index (χ0n) is 22.6. The van der Waals surface area contributed by atoms with E-state index in [0.717, 1.165) is 73.4 Å². The molecule has 214 valence electrons. The number of piperazine rings is 2.